The number of nitrogens with one attached hydrogen (secondary N) is 1. The molecule has 0 bridgehead atoms. The third-order valence-electron chi connectivity index (χ3n) is 3.97. The largest absolute Gasteiger partial charge is 0.454 e. The Morgan fingerprint density at radius 3 is 2.52 bits per heavy atom. The molecular weight excluding hydrogens is 406 g/mol. The summed E-state index contributed by atoms with van der Waals surface area (Å²) in [4.78, 5) is 59.4. The van der Waals surface area contributed by atoms with E-state index >= 15 is 0 Å². The van der Waals surface area contributed by atoms with Gasteiger partial charge in [0, 0.05) is 6.07 Å². The van der Waals surface area contributed by atoms with Gasteiger partial charge in [0.15, 0.2) is 6.61 Å². The lowest BCUT2D eigenvalue weighted by molar-refractivity contribution is -0.385. The Balaban J connectivity index is 1.61. The van der Waals surface area contributed by atoms with Gasteiger partial charge >= 0.3 is 5.97 Å². The van der Waals surface area contributed by atoms with Gasteiger partial charge < -0.3 is 10.1 Å². The van der Waals surface area contributed by atoms with Crippen molar-refractivity contribution in [3.05, 3.63) is 68.7 Å². The Labute approximate surface area is 168 Å². The van der Waals surface area contributed by atoms with Gasteiger partial charge in [0.05, 0.1) is 21.2 Å². The first-order valence-corrected chi connectivity index (χ1v) is 8.51. The summed E-state index contributed by atoms with van der Waals surface area (Å²) >= 11 is 5.90. The van der Waals surface area contributed by atoms with Crippen LogP contribution in [0.2, 0.25) is 5.02 Å². The Morgan fingerprint density at radius 2 is 1.83 bits per heavy atom. The topological polar surface area (TPSA) is 136 Å². The molecule has 1 heterocycles. The molecule has 0 atom stereocenters. The summed E-state index contributed by atoms with van der Waals surface area (Å²) < 4.78 is 4.78. The van der Waals surface area contributed by atoms with Crippen molar-refractivity contribution in [1.29, 1.82) is 0 Å². The van der Waals surface area contributed by atoms with Crippen LogP contribution in [0.1, 0.15) is 20.7 Å². The number of hydrogen-bond acceptors (Lipinski definition) is 7. The number of fused-ring (bicyclic) bond motifs is 1. The van der Waals surface area contributed by atoms with Crippen molar-refractivity contribution in [2.24, 2.45) is 0 Å². The molecule has 3 amide bonds. The fourth-order valence-electron chi connectivity index (χ4n) is 2.68. The van der Waals surface area contributed by atoms with E-state index in [2.05, 4.69) is 5.32 Å². The van der Waals surface area contributed by atoms with E-state index in [1.54, 1.807) is 24.3 Å². The number of anilines is 1. The van der Waals surface area contributed by atoms with Crippen LogP contribution < -0.4 is 5.32 Å². The third kappa shape index (κ3) is 4.06. The molecule has 2 aromatic rings. The predicted octanol–water partition coefficient (Wildman–Crippen LogP) is 2.03. The van der Waals surface area contributed by atoms with E-state index in [4.69, 9.17) is 16.3 Å². The van der Waals surface area contributed by atoms with Crippen molar-refractivity contribution in [1.82, 2.24) is 4.90 Å². The van der Waals surface area contributed by atoms with Crippen LogP contribution in [-0.2, 0) is 14.3 Å². The molecule has 29 heavy (non-hydrogen) atoms. The summed E-state index contributed by atoms with van der Waals surface area (Å²) in [6.45, 7) is -1.46. The van der Waals surface area contributed by atoms with Crippen molar-refractivity contribution in [3.8, 4) is 0 Å². The molecule has 0 fully saturated rings. The Bertz CT molecular complexity index is 1050. The quantitative estimate of drug-likeness (QED) is 0.328. The Hall–Kier alpha value is -3.79. The molecule has 1 N–H and O–H groups in total. The molecule has 0 radical (unpaired) electrons. The fraction of sp³-hybridized carbons (Fsp3) is 0.111. The van der Waals surface area contributed by atoms with E-state index in [1.807, 2.05) is 0 Å². The van der Waals surface area contributed by atoms with Crippen molar-refractivity contribution >= 4 is 46.7 Å². The van der Waals surface area contributed by atoms with E-state index in [9.17, 15) is 29.3 Å². The number of nitro groups is 1. The molecule has 148 valence electrons. The maximum absolute atomic E-state index is 12.4. The number of rotatable bonds is 6. The lowest BCUT2D eigenvalue weighted by atomic mass is 10.1. The molecule has 0 saturated heterocycles. The second-order valence-electron chi connectivity index (χ2n) is 5.84. The van der Waals surface area contributed by atoms with Crippen molar-refractivity contribution < 1.29 is 28.8 Å². The van der Waals surface area contributed by atoms with Crippen LogP contribution in [0.15, 0.2) is 42.5 Å². The van der Waals surface area contributed by atoms with Gasteiger partial charge in [0.1, 0.15) is 12.1 Å². The summed E-state index contributed by atoms with van der Waals surface area (Å²) in [5, 5.41) is 13.8. The van der Waals surface area contributed by atoms with Gasteiger partial charge in [-0.25, -0.2) is 0 Å². The average molecular weight is 418 g/mol. The van der Waals surface area contributed by atoms with Crippen molar-refractivity contribution in [3.63, 3.8) is 0 Å². The number of carbonyl (C=O) groups excluding carboxylic acids is 4. The molecule has 0 saturated carbocycles. The molecule has 0 aliphatic carbocycles. The highest BCUT2D eigenvalue weighted by Gasteiger charge is 2.41. The van der Waals surface area contributed by atoms with Crippen LogP contribution >= 0.6 is 11.6 Å². The minimum atomic E-state index is -1.03. The average Bonchev–Trinajstić information content (AvgIpc) is 2.93. The van der Waals surface area contributed by atoms with E-state index in [0.717, 1.165) is 6.07 Å². The molecule has 0 unspecified atom stereocenters. The number of hydrogen-bond donors (Lipinski definition) is 1. The number of nitrogens with zero attached hydrogens (tertiary/aromatic N) is 2. The summed E-state index contributed by atoms with van der Waals surface area (Å²) in [5.74, 6) is -3.54. The number of ether oxygens (including phenoxy) is 1. The zero-order valence-corrected chi connectivity index (χ0v) is 15.3. The molecule has 2 aromatic carbocycles. The van der Waals surface area contributed by atoms with Crippen LogP contribution in [0.25, 0.3) is 0 Å². The molecule has 11 heteroatoms. The maximum atomic E-state index is 12.4. The van der Waals surface area contributed by atoms with Gasteiger partial charge in [-0.1, -0.05) is 29.8 Å². The van der Waals surface area contributed by atoms with E-state index in [0.29, 0.717) is 15.6 Å². The smallest absolute Gasteiger partial charge is 0.326 e. The van der Waals surface area contributed by atoms with Crippen LogP contribution in [0.5, 0.6) is 0 Å². The molecular formula is C18H12ClN3O7. The highest BCUT2D eigenvalue weighted by atomic mass is 35.5. The number of esters is 1. The number of amides is 3. The second-order valence-corrected chi connectivity index (χ2v) is 6.25. The van der Waals surface area contributed by atoms with Gasteiger partial charge in [0.25, 0.3) is 23.4 Å². The fourth-order valence-corrected chi connectivity index (χ4v) is 2.86. The van der Waals surface area contributed by atoms with Crippen LogP contribution in [-0.4, -0.2) is 46.7 Å². The first kappa shape index (κ1) is 20.0. The molecule has 1 aliphatic rings. The molecule has 3 rings (SSSR count). The number of carbonyl (C=O) groups is 4. The summed E-state index contributed by atoms with van der Waals surface area (Å²) in [6.07, 6.45) is 0. The number of halogens is 1. The predicted molar refractivity (Wildman–Crippen MR) is 99.5 cm³/mol. The summed E-state index contributed by atoms with van der Waals surface area (Å²) in [7, 11) is 0. The lowest BCUT2D eigenvalue weighted by Gasteiger charge is -2.13. The molecule has 0 spiro atoms. The summed E-state index contributed by atoms with van der Waals surface area (Å²) in [6, 6.07) is 10.0. The van der Waals surface area contributed by atoms with Gasteiger partial charge in [-0.3, -0.25) is 34.2 Å². The molecule has 10 nitrogen and oxygen atoms in total. The zero-order valence-electron chi connectivity index (χ0n) is 14.6. The molecule has 0 aromatic heterocycles. The minimum Gasteiger partial charge on any atom is -0.454 e. The first-order chi connectivity index (χ1) is 13.8. The SMILES string of the molecule is O=C(COC(=O)CN1C(=O)c2cccc([N+](=O)[O-])c2C1=O)Nc1ccccc1Cl. The van der Waals surface area contributed by atoms with Gasteiger partial charge in [-0.15, -0.1) is 0 Å². The monoisotopic (exact) mass is 417 g/mol. The van der Waals surface area contributed by atoms with E-state index in [-0.39, 0.29) is 11.1 Å². The minimum absolute atomic E-state index is 0.173. The normalized spacial score (nSPS) is 12.5. The Kier molecular flexibility index (Phi) is 5.55. The van der Waals surface area contributed by atoms with E-state index < -0.39 is 47.5 Å². The maximum Gasteiger partial charge on any atom is 0.326 e. The summed E-state index contributed by atoms with van der Waals surface area (Å²) in [5.41, 5.74) is -0.765. The standard InChI is InChI=1S/C18H12ClN3O7/c19-11-5-1-2-6-12(11)20-14(23)9-29-15(24)8-21-17(25)10-4-3-7-13(22(27)28)16(10)18(21)26/h1-7H,8-9H2,(H,20,23). The molecule has 1 aliphatic heterocycles. The lowest BCUT2D eigenvalue weighted by Crippen LogP contribution is -2.36. The number of para-hydroxylation sites is 1. The number of nitro benzene ring substituents is 1. The van der Waals surface area contributed by atoms with Crippen LogP contribution in [0, 0.1) is 10.1 Å². The van der Waals surface area contributed by atoms with Gasteiger partial charge in [-0.05, 0) is 18.2 Å². The van der Waals surface area contributed by atoms with Crippen molar-refractivity contribution in [2.45, 2.75) is 0 Å². The zero-order chi connectivity index (χ0) is 21.1. The van der Waals surface area contributed by atoms with E-state index in [1.165, 1.54) is 12.1 Å². The van der Waals surface area contributed by atoms with Gasteiger partial charge in [-0.2, -0.15) is 0 Å². The highest BCUT2D eigenvalue weighted by Crippen LogP contribution is 2.30. The third-order valence-corrected chi connectivity index (χ3v) is 4.30. The Morgan fingerprint density at radius 1 is 1.10 bits per heavy atom. The van der Waals surface area contributed by atoms with Crippen molar-refractivity contribution in [2.75, 3.05) is 18.5 Å². The number of imide groups is 1. The second kappa shape index (κ2) is 8.07. The number of benzene rings is 2. The van der Waals surface area contributed by atoms with Crippen LogP contribution in [0.3, 0.4) is 0 Å². The highest BCUT2D eigenvalue weighted by molar-refractivity contribution is 6.33. The van der Waals surface area contributed by atoms with Gasteiger partial charge in [0.2, 0.25) is 0 Å². The van der Waals surface area contributed by atoms with Crippen LogP contribution in [0.4, 0.5) is 11.4 Å². The first-order valence-electron chi connectivity index (χ1n) is 8.13.